The number of carbonyl (C=O) groups is 1. The van der Waals surface area contributed by atoms with Crippen LogP contribution in [0.4, 0.5) is 0 Å². The SMILES string of the molecule is O=C1C=CC(c2ccccc2)(c2ccccc2)C1. The Hall–Kier alpha value is -2.15. The lowest BCUT2D eigenvalue weighted by Crippen LogP contribution is -2.24. The van der Waals surface area contributed by atoms with Gasteiger partial charge in [-0.05, 0) is 17.2 Å². The molecule has 2 aromatic carbocycles. The number of rotatable bonds is 2. The molecule has 1 heteroatoms. The van der Waals surface area contributed by atoms with Crippen molar-refractivity contribution < 1.29 is 4.79 Å². The summed E-state index contributed by atoms with van der Waals surface area (Å²) < 4.78 is 0. The van der Waals surface area contributed by atoms with Crippen LogP contribution in [0.5, 0.6) is 0 Å². The van der Waals surface area contributed by atoms with Gasteiger partial charge < -0.3 is 0 Å². The first kappa shape index (κ1) is 11.0. The van der Waals surface area contributed by atoms with Crippen LogP contribution in [0.25, 0.3) is 0 Å². The number of allylic oxidation sites excluding steroid dienone is 2. The van der Waals surface area contributed by atoms with Gasteiger partial charge in [0.2, 0.25) is 0 Å². The highest BCUT2D eigenvalue weighted by atomic mass is 16.1. The van der Waals surface area contributed by atoms with Crippen LogP contribution in [0.2, 0.25) is 0 Å². The van der Waals surface area contributed by atoms with E-state index in [1.54, 1.807) is 6.08 Å². The summed E-state index contributed by atoms with van der Waals surface area (Å²) in [4.78, 5) is 11.7. The van der Waals surface area contributed by atoms with E-state index >= 15 is 0 Å². The molecule has 3 rings (SSSR count). The summed E-state index contributed by atoms with van der Waals surface area (Å²) in [5.41, 5.74) is 2.08. The quantitative estimate of drug-likeness (QED) is 0.777. The molecule has 0 saturated heterocycles. The summed E-state index contributed by atoms with van der Waals surface area (Å²) in [5.74, 6) is 0.197. The Kier molecular flexibility index (Phi) is 2.60. The zero-order valence-corrected chi connectivity index (χ0v) is 10.0. The minimum Gasteiger partial charge on any atom is -0.295 e. The van der Waals surface area contributed by atoms with Gasteiger partial charge in [-0.1, -0.05) is 66.7 Å². The normalized spacial score (nSPS) is 17.0. The predicted molar refractivity (Wildman–Crippen MR) is 72.4 cm³/mol. The summed E-state index contributed by atoms with van der Waals surface area (Å²) in [6.45, 7) is 0. The zero-order chi connectivity index (χ0) is 12.4. The summed E-state index contributed by atoms with van der Waals surface area (Å²) in [7, 11) is 0. The second-order valence-electron chi connectivity index (χ2n) is 4.68. The van der Waals surface area contributed by atoms with Gasteiger partial charge in [0.1, 0.15) is 0 Å². The number of hydrogen-bond donors (Lipinski definition) is 0. The molecule has 0 N–H and O–H groups in total. The molecule has 0 aliphatic heterocycles. The third-order valence-electron chi connectivity index (χ3n) is 3.58. The van der Waals surface area contributed by atoms with E-state index < -0.39 is 0 Å². The number of benzene rings is 2. The molecule has 0 unspecified atom stereocenters. The van der Waals surface area contributed by atoms with E-state index in [1.165, 1.54) is 11.1 Å². The van der Waals surface area contributed by atoms with Crippen LogP contribution in [0.15, 0.2) is 72.8 Å². The second-order valence-corrected chi connectivity index (χ2v) is 4.68. The highest BCUT2D eigenvalue weighted by Crippen LogP contribution is 2.40. The van der Waals surface area contributed by atoms with Crippen molar-refractivity contribution in [2.24, 2.45) is 0 Å². The summed E-state index contributed by atoms with van der Waals surface area (Å²) in [5, 5.41) is 0. The second kappa shape index (κ2) is 4.26. The van der Waals surface area contributed by atoms with E-state index in [9.17, 15) is 4.79 Å². The van der Waals surface area contributed by atoms with Crippen LogP contribution >= 0.6 is 0 Å². The average Bonchev–Trinajstić information content (AvgIpc) is 2.84. The van der Waals surface area contributed by atoms with Gasteiger partial charge in [-0.3, -0.25) is 4.79 Å². The maximum atomic E-state index is 11.7. The molecule has 0 amide bonds. The molecule has 0 heterocycles. The molecule has 2 aromatic rings. The Labute approximate surface area is 107 Å². The van der Waals surface area contributed by atoms with Crippen LogP contribution < -0.4 is 0 Å². The number of hydrogen-bond acceptors (Lipinski definition) is 1. The highest BCUT2D eigenvalue weighted by molar-refractivity contribution is 5.95. The van der Waals surface area contributed by atoms with Gasteiger partial charge in [0.25, 0.3) is 0 Å². The lowest BCUT2D eigenvalue weighted by Gasteiger charge is -2.28. The Morgan fingerprint density at radius 1 is 0.778 bits per heavy atom. The molecule has 88 valence electrons. The first-order valence-electron chi connectivity index (χ1n) is 6.14. The van der Waals surface area contributed by atoms with E-state index in [-0.39, 0.29) is 11.2 Å². The third-order valence-corrected chi connectivity index (χ3v) is 3.58. The summed E-state index contributed by atoms with van der Waals surface area (Å²) >= 11 is 0. The molecule has 0 saturated carbocycles. The fourth-order valence-corrected chi connectivity index (χ4v) is 2.66. The number of carbonyl (C=O) groups excluding carboxylic acids is 1. The van der Waals surface area contributed by atoms with Crippen LogP contribution in [0.1, 0.15) is 17.5 Å². The lowest BCUT2D eigenvalue weighted by atomic mass is 9.74. The Morgan fingerprint density at radius 2 is 1.28 bits per heavy atom. The Morgan fingerprint density at radius 3 is 1.67 bits per heavy atom. The number of ketones is 1. The molecule has 0 fully saturated rings. The van der Waals surface area contributed by atoms with Gasteiger partial charge in [0.05, 0.1) is 0 Å². The van der Waals surface area contributed by atoms with Crippen LogP contribution in [-0.2, 0) is 10.2 Å². The van der Waals surface area contributed by atoms with Gasteiger partial charge in [-0.15, -0.1) is 0 Å². The van der Waals surface area contributed by atoms with Crippen molar-refractivity contribution in [1.82, 2.24) is 0 Å². The fraction of sp³-hybridized carbons (Fsp3) is 0.118. The van der Waals surface area contributed by atoms with Gasteiger partial charge in [0, 0.05) is 11.8 Å². The van der Waals surface area contributed by atoms with Crippen LogP contribution in [-0.4, -0.2) is 5.78 Å². The van der Waals surface area contributed by atoms with E-state index in [0.29, 0.717) is 6.42 Å². The van der Waals surface area contributed by atoms with E-state index in [2.05, 4.69) is 24.3 Å². The van der Waals surface area contributed by atoms with Gasteiger partial charge >= 0.3 is 0 Å². The smallest absolute Gasteiger partial charge is 0.156 e. The molecule has 1 aliphatic rings. The molecule has 0 atom stereocenters. The molecular formula is C17H14O. The zero-order valence-electron chi connectivity index (χ0n) is 10.0. The minimum absolute atomic E-state index is 0.197. The predicted octanol–water partition coefficient (Wildman–Crippen LogP) is 3.50. The molecule has 1 nitrogen and oxygen atoms in total. The molecule has 0 bridgehead atoms. The van der Waals surface area contributed by atoms with Gasteiger partial charge in [0.15, 0.2) is 5.78 Å². The Balaban J connectivity index is 2.18. The van der Waals surface area contributed by atoms with Crippen LogP contribution in [0, 0.1) is 0 Å². The minimum atomic E-state index is -0.278. The van der Waals surface area contributed by atoms with E-state index in [4.69, 9.17) is 0 Å². The summed E-state index contributed by atoms with van der Waals surface area (Å²) in [6, 6.07) is 20.5. The topological polar surface area (TPSA) is 17.1 Å². The maximum Gasteiger partial charge on any atom is 0.156 e. The third kappa shape index (κ3) is 1.68. The van der Waals surface area contributed by atoms with Crippen molar-refractivity contribution in [1.29, 1.82) is 0 Å². The maximum absolute atomic E-state index is 11.7. The van der Waals surface area contributed by atoms with Crippen molar-refractivity contribution >= 4 is 5.78 Å². The van der Waals surface area contributed by atoms with E-state index in [0.717, 1.165) is 0 Å². The fourth-order valence-electron chi connectivity index (χ4n) is 2.66. The molecule has 0 radical (unpaired) electrons. The monoisotopic (exact) mass is 234 g/mol. The van der Waals surface area contributed by atoms with E-state index in [1.807, 2.05) is 42.5 Å². The molecule has 0 spiro atoms. The Bertz CT molecular complexity index is 542. The standard InChI is InChI=1S/C17H14O/c18-16-11-12-17(13-16,14-7-3-1-4-8-14)15-9-5-2-6-10-15/h1-12H,13H2. The molecular weight excluding hydrogens is 220 g/mol. The molecule has 1 aliphatic carbocycles. The van der Waals surface area contributed by atoms with Crippen LogP contribution in [0.3, 0.4) is 0 Å². The average molecular weight is 234 g/mol. The van der Waals surface area contributed by atoms with Gasteiger partial charge in [-0.25, -0.2) is 0 Å². The highest BCUT2D eigenvalue weighted by Gasteiger charge is 2.36. The molecule has 18 heavy (non-hydrogen) atoms. The van der Waals surface area contributed by atoms with Crippen molar-refractivity contribution in [2.75, 3.05) is 0 Å². The van der Waals surface area contributed by atoms with Crippen molar-refractivity contribution in [3.63, 3.8) is 0 Å². The first-order valence-corrected chi connectivity index (χ1v) is 6.14. The van der Waals surface area contributed by atoms with Crippen molar-refractivity contribution in [2.45, 2.75) is 11.8 Å². The largest absolute Gasteiger partial charge is 0.295 e. The van der Waals surface area contributed by atoms with Crippen molar-refractivity contribution in [3.8, 4) is 0 Å². The first-order chi connectivity index (χ1) is 8.81. The van der Waals surface area contributed by atoms with Gasteiger partial charge in [-0.2, -0.15) is 0 Å². The molecule has 0 aromatic heterocycles. The van der Waals surface area contributed by atoms with Crippen molar-refractivity contribution in [3.05, 3.63) is 83.9 Å². The lowest BCUT2D eigenvalue weighted by molar-refractivity contribution is -0.114. The summed E-state index contributed by atoms with van der Waals surface area (Å²) in [6.07, 6.45) is 4.28.